The average molecular weight is 1480 g/mol. The number of fused-ring (bicyclic) bond motifs is 1. The minimum atomic E-state index is -1.41. The van der Waals surface area contributed by atoms with Crippen LogP contribution in [0.1, 0.15) is 280 Å². The van der Waals surface area contributed by atoms with E-state index in [1.807, 2.05) is 152 Å². The fraction of sp³-hybridized carbons (Fsp3) is 0.615. The number of benzene rings is 5. The van der Waals surface area contributed by atoms with Crippen LogP contribution in [0.3, 0.4) is 0 Å². The minimum Gasteiger partial charge on any atom is -0.460 e. The van der Waals surface area contributed by atoms with Crippen LogP contribution in [-0.4, -0.2) is 111 Å². The van der Waals surface area contributed by atoms with E-state index in [0.29, 0.717) is 32.7 Å². The molecule has 10 atom stereocenters. The van der Waals surface area contributed by atoms with Crippen molar-refractivity contribution in [3.8, 4) is 0 Å². The Morgan fingerprint density at radius 2 is 0.813 bits per heavy atom. The highest BCUT2D eigenvalue weighted by Crippen LogP contribution is 2.37. The van der Waals surface area contributed by atoms with Gasteiger partial charge >= 0.3 is 11.9 Å². The van der Waals surface area contributed by atoms with Crippen LogP contribution in [0, 0.1) is 0 Å². The first-order chi connectivity index (χ1) is 52.6. The van der Waals surface area contributed by atoms with Gasteiger partial charge in [-0.1, -0.05) is 346 Å². The number of ketones is 3. The third-order valence-corrected chi connectivity index (χ3v) is 20.6. The van der Waals surface area contributed by atoms with Crippen LogP contribution in [0.4, 0.5) is 0 Å². The first kappa shape index (κ1) is 87.9. The third kappa shape index (κ3) is 37.3. The molecule has 107 heavy (non-hydrogen) atoms. The van der Waals surface area contributed by atoms with Gasteiger partial charge in [0.1, 0.15) is 49.1 Å². The Labute approximate surface area is 642 Å². The number of hydrogen-bond donors (Lipinski definition) is 2. The normalized spacial score (nSPS) is 18.2. The summed E-state index contributed by atoms with van der Waals surface area (Å²) in [4.78, 5) is 72.5. The molecule has 0 amide bonds. The van der Waals surface area contributed by atoms with Crippen molar-refractivity contribution >= 4 is 29.3 Å². The molecule has 16 heteroatoms. The van der Waals surface area contributed by atoms with E-state index in [4.69, 9.17) is 42.6 Å². The summed E-state index contributed by atoms with van der Waals surface area (Å²) < 4.78 is 58.8. The van der Waals surface area contributed by atoms with Crippen LogP contribution in [0.2, 0.25) is 0 Å². The molecule has 2 aliphatic rings. The van der Waals surface area contributed by atoms with Crippen LogP contribution in [0.25, 0.3) is 0 Å². The fourth-order valence-corrected chi connectivity index (χ4v) is 14.2. The highest BCUT2D eigenvalue weighted by Gasteiger charge is 2.52. The molecule has 0 saturated carbocycles. The van der Waals surface area contributed by atoms with Gasteiger partial charge in [0, 0.05) is 31.2 Å². The number of esters is 2. The van der Waals surface area contributed by atoms with Gasteiger partial charge in [-0.2, -0.15) is 0 Å². The Morgan fingerprint density at radius 3 is 1.24 bits per heavy atom. The summed E-state index contributed by atoms with van der Waals surface area (Å²) in [7, 11) is 0. The first-order valence-electron chi connectivity index (χ1n) is 41.5. The van der Waals surface area contributed by atoms with E-state index in [0.717, 1.165) is 92.0 Å². The van der Waals surface area contributed by atoms with Gasteiger partial charge in [-0.25, -0.2) is 0 Å². The van der Waals surface area contributed by atoms with E-state index in [-0.39, 0.29) is 101 Å². The van der Waals surface area contributed by atoms with Gasteiger partial charge in [-0.05, 0) is 47.9 Å². The second-order valence-corrected chi connectivity index (χ2v) is 29.8. The lowest BCUT2D eigenvalue weighted by atomic mass is 9.94. The van der Waals surface area contributed by atoms with Gasteiger partial charge in [0.15, 0.2) is 12.1 Å². The molecule has 1 unspecified atom stereocenters. The highest BCUT2D eigenvalue weighted by molar-refractivity contribution is 5.83. The maximum atomic E-state index is 14.8. The molecule has 7 rings (SSSR count). The van der Waals surface area contributed by atoms with E-state index in [9.17, 15) is 24.0 Å². The summed E-state index contributed by atoms with van der Waals surface area (Å²) in [5.74, 6) is -1.82. The summed E-state index contributed by atoms with van der Waals surface area (Å²) >= 11 is 0. The quantitative estimate of drug-likeness (QED) is 0.0276. The Hall–Kier alpha value is -6.31. The maximum absolute atomic E-state index is 14.8. The summed E-state index contributed by atoms with van der Waals surface area (Å²) in [6.07, 6.45) is 27.6. The van der Waals surface area contributed by atoms with Gasteiger partial charge in [0.05, 0.1) is 63.9 Å². The summed E-state index contributed by atoms with van der Waals surface area (Å²) in [6.45, 7) is 7.08. The topological polar surface area (TPSA) is 192 Å². The average Bonchev–Trinajstić information content (AvgIpc) is 0.770. The Balaban J connectivity index is 1.10. The molecule has 16 nitrogen and oxygen atoms in total. The third-order valence-electron chi connectivity index (χ3n) is 20.6. The zero-order valence-electron chi connectivity index (χ0n) is 65.3. The lowest BCUT2D eigenvalue weighted by molar-refractivity contribution is -0.343. The molecule has 0 bridgehead atoms. The molecule has 5 aromatic carbocycles. The SMILES string of the molecule is CCCCCCCCCCC[C@H](CC(=O)CN[C@@H](CCC(=O)OC1O[C@@H]2CO[C@@H](c3ccccc3)O[C@H]2[C@H](OCC(=O)C[C@@H](CCCCCCCCCCC)OCc2ccccc2)[C@H]1NCC(=O)C[C@@H](CCCCCCCCCCC)OCc1ccccc1)C(=O)OCc1ccccc1)OCc1ccccc1. The van der Waals surface area contributed by atoms with E-state index >= 15 is 0 Å². The second kappa shape index (κ2) is 55.1. The Morgan fingerprint density at radius 1 is 0.430 bits per heavy atom. The summed E-state index contributed by atoms with van der Waals surface area (Å²) in [5.41, 5.74) is 4.58. The zero-order chi connectivity index (χ0) is 75.4. The van der Waals surface area contributed by atoms with E-state index in [1.54, 1.807) is 0 Å². The minimum absolute atomic E-state index is 0.00971. The van der Waals surface area contributed by atoms with Crippen molar-refractivity contribution in [2.24, 2.45) is 0 Å². The second-order valence-electron chi connectivity index (χ2n) is 29.8. The van der Waals surface area contributed by atoms with Crippen molar-refractivity contribution < 1.29 is 66.6 Å². The van der Waals surface area contributed by atoms with Crippen LogP contribution in [0.5, 0.6) is 0 Å². The number of ether oxygens (including phenoxy) is 9. The Bertz CT molecular complexity index is 3110. The van der Waals surface area contributed by atoms with Gasteiger partial charge < -0.3 is 42.6 Å². The lowest BCUT2D eigenvalue weighted by Gasteiger charge is -2.49. The molecule has 2 fully saturated rings. The standard InChI is InChI=1S/C91H132N2O14/c1-4-7-10-13-16-19-22-25-43-56-80(99-66-72-46-33-28-34-47-72)61-77(94)64-92-83(89(98)103-69-75-52-39-31-40-53-75)59-60-85(97)106-91-86(93-65-78(95)62-81(100-67-73-48-35-29-36-49-73)57-44-26-23-20-17-14-11-8-5-2)88(87-84(105-91)71-104-90(107-87)76-54-41-32-42-55-76)102-70-79(96)63-82(101-68-74-50-37-30-38-51-74)58-45-27-24-21-18-15-12-9-6-3/h28-42,46-55,80-84,86-88,90-93H,4-27,43-45,56-71H2,1-3H3/t80-,81-,82-,83+,84-,86-,87-,88-,90-,91?/m1/s1. The zero-order valence-corrected chi connectivity index (χ0v) is 65.3. The first-order valence-corrected chi connectivity index (χ1v) is 41.5. The molecule has 0 aliphatic carbocycles. The van der Waals surface area contributed by atoms with Crippen molar-refractivity contribution in [2.75, 3.05) is 26.3 Å². The predicted octanol–water partition coefficient (Wildman–Crippen LogP) is 19.6. The molecule has 2 N–H and O–H groups in total. The van der Waals surface area contributed by atoms with E-state index in [1.165, 1.54) is 116 Å². The molecule has 2 heterocycles. The highest BCUT2D eigenvalue weighted by atomic mass is 16.8. The number of Topliss-reactive ketones (excluding diaryl/α,β-unsaturated/α-hetero) is 3. The molecule has 0 radical (unpaired) electrons. The van der Waals surface area contributed by atoms with Crippen LogP contribution >= 0.6 is 0 Å². The number of rotatable bonds is 62. The maximum Gasteiger partial charge on any atom is 0.323 e. The molecular formula is C91H132N2O14. The summed E-state index contributed by atoms with van der Waals surface area (Å²) in [5, 5.41) is 6.63. The van der Waals surface area contributed by atoms with E-state index < -0.39 is 54.9 Å². The van der Waals surface area contributed by atoms with Crippen LogP contribution < -0.4 is 10.6 Å². The lowest BCUT2D eigenvalue weighted by Crippen LogP contribution is -2.67. The number of carbonyl (C=O) groups is 5. The van der Waals surface area contributed by atoms with E-state index in [2.05, 4.69) is 31.4 Å². The fourth-order valence-electron chi connectivity index (χ4n) is 14.2. The van der Waals surface area contributed by atoms with Gasteiger partial charge in [-0.15, -0.1) is 0 Å². The molecule has 590 valence electrons. The number of carbonyl (C=O) groups excluding carboxylic acids is 5. The van der Waals surface area contributed by atoms with Crippen molar-refractivity contribution in [1.82, 2.24) is 10.6 Å². The summed E-state index contributed by atoms with van der Waals surface area (Å²) in [6, 6.07) is 46.6. The van der Waals surface area contributed by atoms with Gasteiger partial charge in [0.25, 0.3) is 0 Å². The largest absolute Gasteiger partial charge is 0.460 e. The van der Waals surface area contributed by atoms with Crippen molar-refractivity contribution in [2.45, 2.75) is 333 Å². The van der Waals surface area contributed by atoms with Crippen molar-refractivity contribution in [1.29, 1.82) is 0 Å². The van der Waals surface area contributed by atoms with Crippen molar-refractivity contribution in [3.63, 3.8) is 0 Å². The van der Waals surface area contributed by atoms with Gasteiger partial charge in [-0.3, -0.25) is 34.6 Å². The van der Waals surface area contributed by atoms with Gasteiger partial charge in [0.2, 0.25) is 6.29 Å². The molecule has 0 spiro atoms. The molecular weight excluding hydrogens is 1350 g/mol. The number of hydrogen-bond acceptors (Lipinski definition) is 16. The van der Waals surface area contributed by atoms with Crippen LogP contribution in [0.15, 0.2) is 152 Å². The number of nitrogens with one attached hydrogen (secondary N) is 2. The van der Waals surface area contributed by atoms with Crippen molar-refractivity contribution in [3.05, 3.63) is 179 Å². The molecule has 2 saturated heterocycles. The molecule has 0 aromatic heterocycles. The molecule has 2 aliphatic heterocycles. The predicted molar refractivity (Wildman–Crippen MR) is 423 cm³/mol. The monoisotopic (exact) mass is 1480 g/mol. The Kier molecular flexibility index (Phi) is 45.3. The van der Waals surface area contributed by atoms with Crippen LogP contribution in [-0.2, 0) is 93.0 Å². The molecule has 5 aromatic rings. The number of unbranched alkanes of at least 4 members (excludes halogenated alkanes) is 24. The smallest absolute Gasteiger partial charge is 0.323 e.